The van der Waals surface area contributed by atoms with Crippen LogP contribution in [0.3, 0.4) is 0 Å². The zero-order chi connectivity index (χ0) is 12.5. The van der Waals surface area contributed by atoms with Crippen LogP contribution in [0.4, 0.5) is 0 Å². The van der Waals surface area contributed by atoms with Crippen LogP contribution in [0, 0.1) is 5.41 Å². The summed E-state index contributed by atoms with van der Waals surface area (Å²) < 4.78 is 11.3. The molecular weight excluding hydrogens is 256 g/mol. The maximum absolute atomic E-state index is 12.5. The zero-order valence-corrected chi connectivity index (χ0v) is 11.4. The van der Waals surface area contributed by atoms with Gasteiger partial charge in [0.25, 0.3) is 0 Å². The molecule has 0 spiro atoms. The molecule has 96 valence electrons. The summed E-state index contributed by atoms with van der Waals surface area (Å²) in [5, 5.41) is 0. The lowest BCUT2D eigenvalue weighted by atomic mass is 9.84. The van der Waals surface area contributed by atoms with Crippen molar-refractivity contribution in [1.82, 2.24) is 4.90 Å². The zero-order valence-electron chi connectivity index (χ0n) is 9.81. The van der Waals surface area contributed by atoms with Crippen molar-refractivity contribution in [3.8, 4) is 0 Å². The molecule has 0 bridgehead atoms. The Balaban J connectivity index is 2.12. The molecule has 1 saturated heterocycles. The smallest absolute Gasteiger partial charge is 0.235 e. The van der Waals surface area contributed by atoms with Gasteiger partial charge in [-0.25, -0.2) is 0 Å². The van der Waals surface area contributed by atoms with E-state index in [4.69, 9.17) is 18.0 Å². The van der Waals surface area contributed by atoms with Crippen molar-refractivity contribution in [2.75, 3.05) is 24.6 Å². The van der Waals surface area contributed by atoms with Crippen LogP contribution in [-0.4, -0.2) is 44.6 Å². The van der Waals surface area contributed by atoms with E-state index in [-0.39, 0.29) is 5.91 Å². The highest BCUT2D eigenvalue weighted by Crippen LogP contribution is 2.40. The van der Waals surface area contributed by atoms with Crippen LogP contribution in [-0.2, 0) is 15.6 Å². The Hall–Kier alpha value is -0.490. The highest BCUT2D eigenvalue weighted by atomic mass is 32.2. The van der Waals surface area contributed by atoms with Crippen molar-refractivity contribution in [2.45, 2.75) is 25.7 Å². The van der Waals surface area contributed by atoms with Crippen LogP contribution in [0.5, 0.6) is 0 Å². The molecule has 6 heteroatoms. The first kappa shape index (κ1) is 13.0. The third-order valence-corrected chi connectivity index (χ3v) is 5.47. The molecule has 2 rings (SSSR count). The van der Waals surface area contributed by atoms with Gasteiger partial charge >= 0.3 is 0 Å². The standard InChI is InChI=1S/C11H18N2O2S2/c12-9(16)11(3-1-2-4-11)10(14)13-5-7-17(15)8-6-13/h1-8H2,(H2,12,16). The number of hydrogen-bond acceptors (Lipinski definition) is 3. The minimum atomic E-state index is -0.761. The molecule has 0 aromatic rings. The minimum Gasteiger partial charge on any atom is -0.392 e. The molecule has 1 heterocycles. The van der Waals surface area contributed by atoms with Crippen LogP contribution >= 0.6 is 12.2 Å². The summed E-state index contributed by atoms with van der Waals surface area (Å²) in [5.41, 5.74) is 5.19. The number of amides is 1. The lowest BCUT2D eigenvalue weighted by molar-refractivity contribution is -0.137. The maximum atomic E-state index is 12.5. The predicted molar refractivity (Wildman–Crippen MR) is 72.1 cm³/mol. The molecule has 0 aromatic carbocycles. The number of nitrogens with zero attached hydrogens (tertiary/aromatic N) is 1. The number of rotatable bonds is 2. The molecule has 0 atom stereocenters. The van der Waals surface area contributed by atoms with E-state index in [0.717, 1.165) is 25.7 Å². The summed E-state index contributed by atoms with van der Waals surface area (Å²) in [6.45, 7) is 1.16. The van der Waals surface area contributed by atoms with Gasteiger partial charge in [0.1, 0.15) is 0 Å². The second kappa shape index (κ2) is 5.02. The van der Waals surface area contributed by atoms with E-state index >= 15 is 0 Å². The van der Waals surface area contributed by atoms with E-state index in [1.807, 2.05) is 0 Å². The van der Waals surface area contributed by atoms with Gasteiger partial charge in [0.05, 0.1) is 10.4 Å². The largest absolute Gasteiger partial charge is 0.392 e. The van der Waals surface area contributed by atoms with Gasteiger partial charge in [-0.3, -0.25) is 9.00 Å². The first-order valence-electron chi connectivity index (χ1n) is 6.00. The molecular formula is C11H18N2O2S2. The lowest BCUT2D eigenvalue weighted by Gasteiger charge is -2.35. The summed E-state index contributed by atoms with van der Waals surface area (Å²) in [6.07, 6.45) is 3.59. The third-order valence-electron chi connectivity index (χ3n) is 3.80. The number of nitrogens with two attached hydrogens (primary N) is 1. The Morgan fingerprint density at radius 3 is 2.24 bits per heavy atom. The second-order valence-corrected chi connectivity index (χ2v) is 6.93. The van der Waals surface area contributed by atoms with Crippen LogP contribution < -0.4 is 5.73 Å². The second-order valence-electron chi connectivity index (χ2n) is 4.79. The number of carbonyl (C=O) groups is 1. The summed E-state index contributed by atoms with van der Waals surface area (Å²) in [7, 11) is -0.761. The first-order chi connectivity index (χ1) is 8.06. The van der Waals surface area contributed by atoms with Crippen LogP contribution in [0.2, 0.25) is 0 Å². The Bertz CT molecular complexity index is 354. The molecule has 4 nitrogen and oxygen atoms in total. The molecule has 2 aliphatic rings. The molecule has 17 heavy (non-hydrogen) atoms. The van der Waals surface area contributed by atoms with Crippen molar-refractivity contribution in [1.29, 1.82) is 0 Å². The van der Waals surface area contributed by atoms with Crippen LogP contribution in [0.1, 0.15) is 25.7 Å². The Labute approximate surface area is 109 Å². The highest BCUT2D eigenvalue weighted by Gasteiger charge is 2.46. The van der Waals surface area contributed by atoms with Crippen molar-refractivity contribution in [2.24, 2.45) is 11.1 Å². The molecule has 2 N–H and O–H groups in total. The van der Waals surface area contributed by atoms with Crippen molar-refractivity contribution >= 4 is 33.9 Å². The van der Waals surface area contributed by atoms with E-state index in [9.17, 15) is 9.00 Å². The van der Waals surface area contributed by atoms with Crippen LogP contribution in [0.25, 0.3) is 0 Å². The van der Waals surface area contributed by atoms with E-state index < -0.39 is 16.2 Å². The molecule has 1 saturated carbocycles. The van der Waals surface area contributed by atoms with Gasteiger partial charge < -0.3 is 10.6 Å². The van der Waals surface area contributed by atoms with Gasteiger partial charge in [-0.05, 0) is 12.8 Å². The lowest BCUT2D eigenvalue weighted by Crippen LogP contribution is -2.52. The van der Waals surface area contributed by atoms with E-state index in [1.54, 1.807) is 4.90 Å². The number of thiocarbonyl (C=S) groups is 1. The molecule has 1 aliphatic heterocycles. The minimum absolute atomic E-state index is 0.0687. The van der Waals surface area contributed by atoms with Crippen LogP contribution in [0.15, 0.2) is 0 Å². The molecule has 1 amide bonds. The topological polar surface area (TPSA) is 63.4 Å². The van der Waals surface area contributed by atoms with Gasteiger partial charge in [-0.15, -0.1) is 0 Å². The molecule has 0 radical (unpaired) electrons. The van der Waals surface area contributed by atoms with E-state index in [0.29, 0.717) is 29.6 Å². The Morgan fingerprint density at radius 2 is 1.76 bits per heavy atom. The maximum Gasteiger partial charge on any atom is 0.235 e. The molecule has 0 aromatic heterocycles. The average Bonchev–Trinajstić information content (AvgIpc) is 2.79. The summed E-state index contributed by atoms with van der Waals surface area (Å²) in [6, 6.07) is 0. The highest BCUT2D eigenvalue weighted by molar-refractivity contribution is 7.85. The molecule has 1 aliphatic carbocycles. The monoisotopic (exact) mass is 274 g/mol. The fourth-order valence-corrected chi connectivity index (χ4v) is 4.03. The van der Waals surface area contributed by atoms with Gasteiger partial charge in [-0.1, -0.05) is 25.1 Å². The fourth-order valence-electron chi connectivity index (χ4n) is 2.69. The Kier molecular flexibility index (Phi) is 3.82. The van der Waals surface area contributed by atoms with Gasteiger partial charge in [-0.2, -0.15) is 0 Å². The van der Waals surface area contributed by atoms with E-state index in [1.165, 1.54) is 0 Å². The average molecular weight is 274 g/mol. The quantitative estimate of drug-likeness (QED) is 0.742. The summed E-state index contributed by atoms with van der Waals surface area (Å²) in [4.78, 5) is 14.7. The van der Waals surface area contributed by atoms with Gasteiger partial charge in [0.15, 0.2) is 0 Å². The van der Waals surface area contributed by atoms with Crippen molar-refractivity contribution in [3.63, 3.8) is 0 Å². The third kappa shape index (κ3) is 2.38. The van der Waals surface area contributed by atoms with Gasteiger partial charge in [0.2, 0.25) is 5.91 Å². The normalized spacial score (nSPS) is 24.8. The molecule has 0 unspecified atom stereocenters. The molecule has 2 fully saturated rings. The summed E-state index contributed by atoms with van der Waals surface area (Å²) >= 11 is 5.11. The van der Waals surface area contributed by atoms with E-state index in [2.05, 4.69) is 0 Å². The van der Waals surface area contributed by atoms with Crippen molar-refractivity contribution in [3.05, 3.63) is 0 Å². The first-order valence-corrected chi connectivity index (χ1v) is 7.90. The number of hydrogen-bond donors (Lipinski definition) is 1. The van der Waals surface area contributed by atoms with Gasteiger partial charge in [0, 0.05) is 35.4 Å². The fraction of sp³-hybridized carbons (Fsp3) is 0.818. The Morgan fingerprint density at radius 1 is 1.24 bits per heavy atom. The van der Waals surface area contributed by atoms with Crippen molar-refractivity contribution < 1.29 is 9.00 Å². The SMILES string of the molecule is NC(=S)C1(C(=O)N2CCS(=O)CC2)CCCC1. The summed E-state index contributed by atoms with van der Waals surface area (Å²) in [5.74, 6) is 1.23. The predicted octanol–water partition coefficient (Wildman–Crippen LogP) is 0.424. The number of carbonyl (C=O) groups excluding carboxylic acids is 1.